The summed E-state index contributed by atoms with van der Waals surface area (Å²) in [5.74, 6) is -0.847. The van der Waals surface area contributed by atoms with E-state index < -0.39 is 17.5 Å². The third kappa shape index (κ3) is 11.6. The summed E-state index contributed by atoms with van der Waals surface area (Å²) < 4.78 is 7.88. The quantitative estimate of drug-likeness (QED) is 0.0827. The predicted molar refractivity (Wildman–Crippen MR) is 260 cm³/mol. The summed E-state index contributed by atoms with van der Waals surface area (Å²) in [6.45, 7) is 20.1. The Labute approximate surface area is 393 Å². The molecule has 2 aromatic heterocycles. The molecule has 1 saturated heterocycles. The number of likely N-dealkylation sites (tertiary alicyclic amines) is 1. The summed E-state index contributed by atoms with van der Waals surface area (Å²) in [5.41, 5.74) is 12.0. The number of ether oxygens (including phenoxy) is 1. The molecular formula is C51H63ClN8O4S. The van der Waals surface area contributed by atoms with Crippen LogP contribution < -0.4 is 15.5 Å². The number of aromatic nitrogens is 3. The minimum atomic E-state index is -0.841. The summed E-state index contributed by atoms with van der Waals surface area (Å²) in [7, 11) is 0. The number of nitrogens with one attached hydrogen (secondary N) is 2. The summed E-state index contributed by atoms with van der Waals surface area (Å²) in [5, 5.41) is 20.8. The van der Waals surface area contributed by atoms with Gasteiger partial charge in [-0.2, -0.15) is 10.4 Å². The zero-order valence-corrected chi connectivity index (χ0v) is 40.8. The van der Waals surface area contributed by atoms with Gasteiger partial charge in [-0.3, -0.25) is 19.1 Å². The van der Waals surface area contributed by atoms with Crippen molar-refractivity contribution in [2.24, 2.45) is 5.41 Å². The van der Waals surface area contributed by atoms with Gasteiger partial charge < -0.3 is 25.2 Å². The van der Waals surface area contributed by atoms with E-state index in [1.54, 1.807) is 22.3 Å². The predicted octanol–water partition coefficient (Wildman–Crippen LogP) is 10.2. The molecule has 3 amide bonds. The van der Waals surface area contributed by atoms with E-state index in [2.05, 4.69) is 65.6 Å². The molecular weight excluding hydrogens is 856 g/mol. The third-order valence-electron chi connectivity index (χ3n) is 12.3. The highest BCUT2D eigenvalue weighted by atomic mass is 35.5. The number of carbonyl (C=O) groups excluding carboxylic acids is 3. The van der Waals surface area contributed by atoms with E-state index in [-0.39, 0.29) is 30.4 Å². The molecule has 2 N–H and O–H groups in total. The number of unbranched alkanes of at least 4 members (excludes halogenated alkanes) is 2. The molecule has 6 rings (SSSR count). The Kier molecular flexibility index (Phi) is 16.3. The van der Waals surface area contributed by atoms with Gasteiger partial charge in [-0.1, -0.05) is 68.8 Å². The topological polar surface area (TPSA) is 145 Å². The number of nitrogens with zero attached hydrogens (tertiary/aromatic N) is 6. The smallest absolute Gasteiger partial charge is 0.246 e. The molecule has 12 nitrogen and oxygen atoms in total. The first kappa shape index (κ1) is 48.9. The van der Waals surface area contributed by atoms with Crippen molar-refractivity contribution >= 4 is 52.0 Å². The fraction of sp³-hybridized carbons (Fsp3) is 0.451. The van der Waals surface area contributed by atoms with E-state index in [9.17, 15) is 19.6 Å². The maximum atomic E-state index is 14.1. The van der Waals surface area contributed by atoms with Gasteiger partial charge in [0.05, 0.1) is 38.4 Å². The summed E-state index contributed by atoms with van der Waals surface area (Å²) in [6.07, 6.45) is 3.64. The van der Waals surface area contributed by atoms with E-state index in [0.717, 1.165) is 87.0 Å². The van der Waals surface area contributed by atoms with Gasteiger partial charge in [0.15, 0.2) is 0 Å². The first-order valence-corrected chi connectivity index (χ1v) is 23.9. The molecule has 344 valence electrons. The highest BCUT2D eigenvalue weighted by Crippen LogP contribution is 2.37. The van der Waals surface area contributed by atoms with Gasteiger partial charge in [-0.05, 0) is 126 Å². The summed E-state index contributed by atoms with van der Waals surface area (Å²) in [4.78, 5) is 50.5. The Morgan fingerprint density at radius 3 is 2.37 bits per heavy atom. The molecule has 3 aromatic carbocycles. The minimum Gasteiger partial charge on any atom is -0.372 e. The van der Waals surface area contributed by atoms with Crippen molar-refractivity contribution in [3.05, 3.63) is 105 Å². The number of aryl methyl sites for hydroxylation is 4. The fourth-order valence-corrected chi connectivity index (χ4v) is 9.69. The number of rotatable bonds is 18. The number of hydrogen-bond donors (Lipinski definition) is 2. The van der Waals surface area contributed by atoms with Crippen molar-refractivity contribution in [3.8, 4) is 27.6 Å². The van der Waals surface area contributed by atoms with Crippen LogP contribution in [0.5, 0.6) is 0 Å². The van der Waals surface area contributed by atoms with Crippen molar-refractivity contribution in [1.29, 1.82) is 5.26 Å². The minimum absolute atomic E-state index is 0.183. The monoisotopic (exact) mass is 918 g/mol. The molecule has 1 aliphatic rings. The molecule has 1 aliphatic heterocycles. The second-order valence-electron chi connectivity index (χ2n) is 18.1. The highest BCUT2D eigenvalue weighted by molar-refractivity contribution is 7.13. The van der Waals surface area contributed by atoms with Crippen molar-refractivity contribution in [1.82, 2.24) is 30.3 Å². The van der Waals surface area contributed by atoms with Gasteiger partial charge in [0.2, 0.25) is 17.7 Å². The van der Waals surface area contributed by atoms with Crippen LogP contribution in [-0.2, 0) is 25.7 Å². The zero-order chi connectivity index (χ0) is 47.0. The lowest BCUT2D eigenvalue weighted by atomic mass is 9.85. The van der Waals surface area contributed by atoms with E-state index in [1.165, 1.54) is 0 Å². The molecule has 0 bridgehead atoms. The Morgan fingerprint density at radius 2 is 1.72 bits per heavy atom. The van der Waals surface area contributed by atoms with Crippen LogP contribution in [0.15, 0.2) is 66.2 Å². The van der Waals surface area contributed by atoms with Crippen LogP contribution in [-0.4, -0.2) is 75.8 Å². The number of halogens is 1. The lowest BCUT2D eigenvalue weighted by molar-refractivity contribution is -0.144. The van der Waals surface area contributed by atoms with Crippen LogP contribution >= 0.6 is 22.9 Å². The number of nitriles is 1. The Balaban J connectivity index is 1.02. The average molecular weight is 920 g/mol. The molecule has 3 heterocycles. The Hall–Kier alpha value is -5.55. The van der Waals surface area contributed by atoms with Gasteiger partial charge in [-0.15, -0.1) is 11.3 Å². The molecule has 0 saturated carbocycles. The Bertz CT molecular complexity index is 2520. The molecule has 1 fully saturated rings. The van der Waals surface area contributed by atoms with Gasteiger partial charge >= 0.3 is 0 Å². The fourth-order valence-electron chi connectivity index (χ4n) is 8.66. The largest absolute Gasteiger partial charge is 0.372 e. The first-order chi connectivity index (χ1) is 31.0. The number of thiazole rings is 1. The number of carbonyl (C=O) groups is 3. The standard InChI is InChI=1S/C51H63ClN8O4S/c1-10-60-36(6)46(34(4)57-60)39-17-16-32(2)44(27-39)58(41-23-22-40(29-53)42(52)28-41)24-12-11-13-26-64-30-45(61)56-48(51(7,8)9)50(63)59-25-14-15-43(59)49(62)55-33(3)37-18-20-38(21-19-37)47-35(5)54-31-65-47/h16-23,27-28,31,33,43,48H,10-15,24-26,30H2,1-9H3,(H,55,62)(H,56,61)/t33-,43-,48+/m0/s1. The lowest BCUT2D eigenvalue weighted by Gasteiger charge is -2.35. The summed E-state index contributed by atoms with van der Waals surface area (Å²) in [6, 6.07) is 20.6. The van der Waals surface area contributed by atoms with Crippen molar-refractivity contribution in [3.63, 3.8) is 0 Å². The number of amides is 3. The van der Waals surface area contributed by atoms with E-state index in [1.807, 2.05) is 88.1 Å². The van der Waals surface area contributed by atoms with Crippen molar-refractivity contribution < 1.29 is 19.1 Å². The SMILES string of the molecule is CCn1nc(C)c(-c2ccc(C)c(N(CCCCCOCC(=O)N[C@H](C(=O)N3CCC[C@H]3C(=O)N[C@@H](C)c3ccc(-c4scnc4C)cc3)C(C)(C)C)c3ccc(C#N)c(Cl)c3)c2)c1C. The second-order valence-corrected chi connectivity index (χ2v) is 19.3. The maximum Gasteiger partial charge on any atom is 0.246 e. The lowest BCUT2D eigenvalue weighted by Crippen LogP contribution is -2.58. The van der Waals surface area contributed by atoms with Crippen LogP contribution in [0.1, 0.15) is 107 Å². The molecule has 0 radical (unpaired) electrons. The van der Waals surface area contributed by atoms with Crippen molar-refractivity contribution in [2.45, 2.75) is 119 Å². The van der Waals surface area contributed by atoms with Gasteiger partial charge in [0.25, 0.3) is 0 Å². The van der Waals surface area contributed by atoms with Gasteiger partial charge in [0.1, 0.15) is 24.8 Å². The van der Waals surface area contributed by atoms with Crippen LogP contribution in [0.3, 0.4) is 0 Å². The van der Waals surface area contributed by atoms with Crippen LogP contribution in [0.25, 0.3) is 21.6 Å². The first-order valence-electron chi connectivity index (χ1n) is 22.6. The van der Waals surface area contributed by atoms with Crippen LogP contribution in [0.4, 0.5) is 11.4 Å². The molecule has 5 aromatic rings. The average Bonchev–Trinajstić information content (AvgIpc) is 4.02. The van der Waals surface area contributed by atoms with Gasteiger partial charge in [0, 0.05) is 48.9 Å². The summed E-state index contributed by atoms with van der Waals surface area (Å²) >= 11 is 8.16. The normalized spacial score (nSPS) is 14.8. The van der Waals surface area contributed by atoms with Crippen molar-refractivity contribution in [2.75, 3.05) is 31.2 Å². The number of benzene rings is 3. The number of hydrogen-bond acceptors (Lipinski definition) is 9. The van der Waals surface area contributed by atoms with Crippen LogP contribution in [0, 0.1) is 44.4 Å². The van der Waals surface area contributed by atoms with E-state index in [4.69, 9.17) is 21.4 Å². The highest BCUT2D eigenvalue weighted by Gasteiger charge is 2.42. The molecule has 3 atom stereocenters. The van der Waals surface area contributed by atoms with Gasteiger partial charge in [-0.25, -0.2) is 4.98 Å². The maximum absolute atomic E-state index is 14.1. The second kappa shape index (κ2) is 21.6. The van der Waals surface area contributed by atoms with E-state index in [0.29, 0.717) is 43.1 Å². The Morgan fingerprint density at radius 1 is 0.985 bits per heavy atom. The molecule has 0 aliphatic carbocycles. The zero-order valence-electron chi connectivity index (χ0n) is 39.3. The molecule has 65 heavy (non-hydrogen) atoms. The third-order valence-corrected chi connectivity index (χ3v) is 13.6. The van der Waals surface area contributed by atoms with Crippen LogP contribution in [0.2, 0.25) is 5.02 Å². The number of anilines is 2. The molecule has 14 heteroatoms. The molecule has 0 spiro atoms. The van der Waals surface area contributed by atoms with E-state index >= 15 is 0 Å². The molecule has 0 unspecified atom stereocenters.